The van der Waals surface area contributed by atoms with E-state index in [-0.39, 0.29) is 13.1 Å². The van der Waals surface area contributed by atoms with E-state index in [4.69, 9.17) is 21.1 Å². The Hall–Kier alpha value is -2.53. The minimum absolute atomic E-state index is 0.00680. The van der Waals surface area contributed by atoms with Gasteiger partial charge in [-0.25, -0.2) is 4.79 Å². The van der Waals surface area contributed by atoms with Crippen LogP contribution in [0.4, 0.5) is 0 Å². The average Bonchev–Trinajstić information content (AvgIpc) is 2.35. The molecule has 0 saturated heterocycles. The largest absolute Gasteiger partial charge is 0.481 e. The van der Waals surface area contributed by atoms with Gasteiger partial charge in [-0.15, -0.1) is 0 Å². The second kappa shape index (κ2) is 9.57. The van der Waals surface area contributed by atoms with Crippen LogP contribution in [-0.4, -0.2) is 64.3 Å². The minimum atomic E-state index is -2.05. The summed E-state index contributed by atoms with van der Waals surface area (Å²) in [6.45, 7) is 0.858. The molecule has 0 aromatic rings. The molecule has 11 heteroatoms. The third kappa shape index (κ3) is 7.15. The fourth-order valence-electron chi connectivity index (χ4n) is 2.38. The molecule has 0 rings (SSSR count). The summed E-state index contributed by atoms with van der Waals surface area (Å²) >= 11 is 0. The zero-order valence-electron chi connectivity index (χ0n) is 13.0. The van der Waals surface area contributed by atoms with E-state index in [1.165, 1.54) is 0 Å². The molecule has 0 saturated carbocycles. The maximum atomic E-state index is 12.1. The zero-order chi connectivity index (χ0) is 18.9. The molecule has 0 aliphatic carbocycles. The van der Waals surface area contributed by atoms with E-state index in [9.17, 15) is 24.0 Å². The molecule has 0 aromatic carbocycles. The van der Waals surface area contributed by atoms with Crippen molar-refractivity contribution in [2.24, 2.45) is 11.1 Å². The molecule has 0 bridgehead atoms. The number of ether oxygens (including phenoxy) is 1. The first kappa shape index (κ1) is 21.5. The molecule has 6 N–H and O–H groups in total. The normalized spacial score (nSPS) is 12.2. The third-order valence-electron chi connectivity index (χ3n) is 3.10. The molecule has 0 radical (unpaired) electrons. The van der Waals surface area contributed by atoms with E-state index in [1.54, 1.807) is 0 Å². The van der Waals surface area contributed by atoms with Gasteiger partial charge in [0, 0.05) is 25.4 Å². The Labute approximate surface area is 136 Å². The molecule has 1 atom stereocenters. The second-order valence-corrected chi connectivity index (χ2v) is 5.16. The number of carboxylic acids is 3. The number of carbonyl (C=O) groups is 5. The van der Waals surface area contributed by atoms with Gasteiger partial charge in [0.2, 0.25) is 0 Å². The molecule has 0 aliphatic heterocycles. The molecule has 0 spiro atoms. The summed E-state index contributed by atoms with van der Waals surface area (Å²) in [4.78, 5) is 56.5. The number of aliphatic carboxylic acids is 3. The van der Waals surface area contributed by atoms with Crippen molar-refractivity contribution in [3.63, 3.8) is 0 Å². The van der Waals surface area contributed by atoms with Crippen LogP contribution in [0.25, 0.3) is 0 Å². The van der Waals surface area contributed by atoms with E-state index < -0.39 is 60.6 Å². The monoisotopic (exact) mass is 348 g/mol. The highest BCUT2D eigenvalue weighted by Gasteiger charge is 2.48. The lowest BCUT2D eigenvalue weighted by Crippen LogP contribution is -2.55. The van der Waals surface area contributed by atoms with Gasteiger partial charge in [0.25, 0.3) is 0 Å². The number of hydrogen-bond acceptors (Lipinski definition) is 8. The number of hydrogen-bond donors (Lipinski definition) is 5. The number of rotatable bonds is 11. The van der Waals surface area contributed by atoms with Gasteiger partial charge in [-0.05, 0) is 0 Å². The standard InChI is InChI=1S/C13H20N2O9/c1-7(16)24-12(23)11(15-3-2-14)13(4-8(17)18,5-9(19)20)6-10(21)22/h11,15H,2-6,14H2,1H3,(H,17,18)(H,19,20)(H,21,22). The summed E-state index contributed by atoms with van der Waals surface area (Å²) in [6.07, 6.45) is -2.83. The molecular formula is C13H20N2O9. The van der Waals surface area contributed by atoms with Gasteiger partial charge in [0.1, 0.15) is 6.04 Å². The molecule has 24 heavy (non-hydrogen) atoms. The van der Waals surface area contributed by atoms with Crippen molar-refractivity contribution in [2.45, 2.75) is 32.2 Å². The Morgan fingerprint density at radius 2 is 1.42 bits per heavy atom. The van der Waals surface area contributed by atoms with E-state index in [2.05, 4.69) is 10.1 Å². The smallest absolute Gasteiger partial charge is 0.331 e. The molecular weight excluding hydrogens is 328 g/mol. The van der Waals surface area contributed by atoms with Gasteiger partial charge in [0.05, 0.1) is 19.3 Å². The van der Waals surface area contributed by atoms with E-state index >= 15 is 0 Å². The molecule has 0 aromatic heterocycles. The zero-order valence-corrected chi connectivity index (χ0v) is 13.0. The van der Waals surface area contributed by atoms with E-state index in [0.29, 0.717) is 0 Å². The van der Waals surface area contributed by atoms with Crippen molar-refractivity contribution in [1.29, 1.82) is 0 Å². The number of carbonyl (C=O) groups excluding carboxylic acids is 2. The summed E-state index contributed by atoms with van der Waals surface area (Å²) in [7, 11) is 0. The summed E-state index contributed by atoms with van der Waals surface area (Å²) in [5.74, 6) is -6.79. The minimum Gasteiger partial charge on any atom is -0.481 e. The van der Waals surface area contributed by atoms with Crippen molar-refractivity contribution >= 4 is 29.8 Å². The quantitative estimate of drug-likeness (QED) is 0.213. The first-order chi connectivity index (χ1) is 11.0. The summed E-state index contributed by atoms with van der Waals surface area (Å²) in [5, 5.41) is 29.7. The Morgan fingerprint density at radius 3 is 1.71 bits per heavy atom. The maximum absolute atomic E-state index is 12.1. The van der Waals surface area contributed by atoms with Gasteiger partial charge in [-0.2, -0.15) is 0 Å². The topological polar surface area (TPSA) is 193 Å². The van der Waals surface area contributed by atoms with E-state index in [1.807, 2.05) is 0 Å². The Bertz CT molecular complexity index is 477. The van der Waals surface area contributed by atoms with Gasteiger partial charge in [-0.3, -0.25) is 19.2 Å². The Kier molecular flexibility index (Phi) is 8.56. The van der Waals surface area contributed by atoms with Crippen LogP contribution in [0.15, 0.2) is 0 Å². The van der Waals surface area contributed by atoms with Crippen LogP contribution < -0.4 is 11.1 Å². The fourth-order valence-corrected chi connectivity index (χ4v) is 2.38. The first-order valence-corrected chi connectivity index (χ1v) is 6.85. The van der Waals surface area contributed by atoms with Crippen molar-refractivity contribution in [3.8, 4) is 0 Å². The lowest BCUT2D eigenvalue weighted by molar-refractivity contribution is -0.164. The van der Waals surface area contributed by atoms with Gasteiger partial charge < -0.3 is 31.1 Å². The molecule has 0 heterocycles. The van der Waals surface area contributed by atoms with Crippen LogP contribution in [0.5, 0.6) is 0 Å². The average molecular weight is 348 g/mol. The van der Waals surface area contributed by atoms with Gasteiger partial charge in [0.15, 0.2) is 0 Å². The molecule has 0 aliphatic rings. The SMILES string of the molecule is CC(=O)OC(=O)C(NCCN)C(CC(=O)O)(CC(=O)O)CC(=O)O. The molecule has 11 nitrogen and oxygen atoms in total. The lowest BCUT2D eigenvalue weighted by atomic mass is 9.71. The van der Waals surface area contributed by atoms with Crippen LogP contribution in [0.1, 0.15) is 26.2 Å². The van der Waals surface area contributed by atoms with Crippen LogP contribution in [0.3, 0.4) is 0 Å². The third-order valence-corrected chi connectivity index (χ3v) is 3.10. The number of nitrogens with one attached hydrogen (secondary N) is 1. The molecule has 0 amide bonds. The van der Waals surface area contributed by atoms with Crippen LogP contribution >= 0.6 is 0 Å². The number of nitrogens with two attached hydrogens (primary N) is 1. The van der Waals surface area contributed by atoms with E-state index in [0.717, 1.165) is 6.92 Å². The lowest BCUT2D eigenvalue weighted by Gasteiger charge is -2.36. The summed E-state index contributed by atoms with van der Waals surface area (Å²) in [6, 6.07) is -1.66. The van der Waals surface area contributed by atoms with Crippen LogP contribution in [0.2, 0.25) is 0 Å². The second-order valence-electron chi connectivity index (χ2n) is 5.16. The number of esters is 2. The molecule has 1 unspecified atom stereocenters. The van der Waals surface area contributed by atoms with Crippen LogP contribution in [0, 0.1) is 5.41 Å². The Morgan fingerprint density at radius 1 is 1.00 bits per heavy atom. The molecule has 0 fully saturated rings. The first-order valence-electron chi connectivity index (χ1n) is 6.85. The van der Waals surface area contributed by atoms with Crippen molar-refractivity contribution in [2.75, 3.05) is 13.1 Å². The van der Waals surface area contributed by atoms with Crippen LogP contribution in [-0.2, 0) is 28.7 Å². The fraction of sp³-hybridized carbons (Fsp3) is 0.615. The maximum Gasteiger partial charge on any atom is 0.331 e. The van der Waals surface area contributed by atoms with Gasteiger partial charge in [-0.1, -0.05) is 0 Å². The predicted molar refractivity (Wildman–Crippen MR) is 76.8 cm³/mol. The Balaban J connectivity index is 6.00. The van der Waals surface area contributed by atoms with Gasteiger partial charge >= 0.3 is 29.8 Å². The number of carboxylic acid groups (broad SMARTS) is 3. The van der Waals surface area contributed by atoms with Crippen molar-refractivity contribution < 1.29 is 44.0 Å². The highest BCUT2D eigenvalue weighted by atomic mass is 16.6. The summed E-state index contributed by atoms with van der Waals surface area (Å²) in [5.41, 5.74) is 3.24. The summed E-state index contributed by atoms with van der Waals surface area (Å²) < 4.78 is 4.40. The van der Waals surface area contributed by atoms with Crippen molar-refractivity contribution in [3.05, 3.63) is 0 Å². The molecule has 136 valence electrons. The highest BCUT2D eigenvalue weighted by molar-refractivity contribution is 5.90. The van der Waals surface area contributed by atoms with Crippen molar-refractivity contribution in [1.82, 2.24) is 5.32 Å². The predicted octanol–water partition coefficient (Wildman–Crippen LogP) is -1.60. The highest BCUT2D eigenvalue weighted by Crippen LogP contribution is 2.36.